The van der Waals surface area contributed by atoms with E-state index in [1.807, 2.05) is 13.8 Å². The van der Waals surface area contributed by atoms with Crippen LogP contribution in [0.1, 0.15) is 37.6 Å². The number of halogens is 2. The molecule has 1 saturated heterocycles. The minimum atomic E-state index is -0.439. The van der Waals surface area contributed by atoms with E-state index in [-0.39, 0.29) is 36.8 Å². The lowest BCUT2D eigenvalue weighted by molar-refractivity contribution is -0.131. The molecule has 0 spiro atoms. The predicted octanol–water partition coefficient (Wildman–Crippen LogP) is 2.85. The van der Waals surface area contributed by atoms with Crippen LogP contribution in [-0.4, -0.2) is 50.2 Å². The van der Waals surface area contributed by atoms with Gasteiger partial charge in [0.2, 0.25) is 5.91 Å². The number of nitrogens with zero attached hydrogens (tertiary/aromatic N) is 1. The van der Waals surface area contributed by atoms with Gasteiger partial charge in [-0.25, -0.2) is 0 Å². The van der Waals surface area contributed by atoms with Gasteiger partial charge in [-0.1, -0.05) is 19.9 Å². The smallest absolute Gasteiger partial charge is 0.227 e. The van der Waals surface area contributed by atoms with E-state index in [1.165, 1.54) is 4.88 Å². The van der Waals surface area contributed by atoms with Crippen molar-refractivity contribution in [1.82, 2.24) is 10.2 Å². The lowest BCUT2D eigenvalue weighted by Gasteiger charge is -2.35. The molecule has 1 aliphatic rings. The van der Waals surface area contributed by atoms with Gasteiger partial charge in [0, 0.05) is 31.1 Å². The van der Waals surface area contributed by atoms with Crippen LogP contribution in [0.15, 0.2) is 17.5 Å². The third-order valence-corrected chi connectivity index (χ3v) is 6.01. The van der Waals surface area contributed by atoms with Crippen molar-refractivity contribution in [2.45, 2.75) is 32.7 Å². The molecule has 1 aromatic rings. The molecule has 5 nitrogen and oxygen atoms in total. The van der Waals surface area contributed by atoms with Gasteiger partial charge in [0.1, 0.15) is 0 Å². The molecule has 8 heteroatoms. The quantitative estimate of drug-likeness (QED) is 0.689. The van der Waals surface area contributed by atoms with E-state index < -0.39 is 5.41 Å². The van der Waals surface area contributed by atoms with Crippen LogP contribution in [0.4, 0.5) is 0 Å². The SMILES string of the molecule is CCC(CC)(CN)C(=O)NCC(c1cccs1)N1CCOCC1.Cl.Cl. The minimum Gasteiger partial charge on any atom is -0.379 e. The number of hydrogen-bond donors (Lipinski definition) is 2. The van der Waals surface area contributed by atoms with Gasteiger partial charge in [-0.2, -0.15) is 0 Å². The number of ether oxygens (including phenoxy) is 1. The zero-order valence-corrected chi connectivity index (χ0v) is 17.5. The van der Waals surface area contributed by atoms with E-state index in [0.717, 1.165) is 39.1 Å². The third-order valence-electron chi connectivity index (χ3n) is 5.04. The highest BCUT2D eigenvalue weighted by Gasteiger charge is 2.34. The Kier molecular flexibility index (Phi) is 11.9. The van der Waals surface area contributed by atoms with Crippen molar-refractivity contribution in [2.24, 2.45) is 11.1 Å². The average Bonchev–Trinajstić information content (AvgIpc) is 3.12. The monoisotopic (exact) mass is 411 g/mol. The first-order valence-electron chi connectivity index (χ1n) is 8.50. The normalized spacial score (nSPS) is 16.4. The summed E-state index contributed by atoms with van der Waals surface area (Å²) in [5.41, 5.74) is 5.45. The summed E-state index contributed by atoms with van der Waals surface area (Å²) in [7, 11) is 0. The number of nitrogens with one attached hydrogen (secondary N) is 1. The molecule has 1 fully saturated rings. The Morgan fingerprint density at radius 3 is 2.48 bits per heavy atom. The van der Waals surface area contributed by atoms with Gasteiger partial charge in [-0.05, 0) is 24.3 Å². The van der Waals surface area contributed by atoms with E-state index in [2.05, 4.69) is 27.7 Å². The summed E-state index contributed by atoms with van der Waals surface area (Å²) in [6, 6.07) is 4.43. The number of carbonyl (C=O) groups excluding carboxylic acids is 1. The van der Waals surface area contributed by atoms with E-state index in [9.17, 15) is 4.79 Å². The van der Waals surface area contributed by atoms with Gasteiger partial charge < -0.3 is 15.8 Å². The summed E-state index contributed by atoms with van der Waals surface area (Å²) in [5, 5.41) is 5.26. The molecule has 1 atom stereocenters. The summed E-state index contributed by atoms with van der Waals surface area (Å²) in [5.74, 6) is 0.0832. The number of nitrogens with two attached hydrogens (primary N) is 1. The van der Waals surface area contributed by atoms with Gasteiger partial charge in [0.05, 0.1) is 24.7 Å². The molecule has 1 amide bonds. The maximum atomic E-state index is 12.7. The van der Waals surface area contributed by atoms with Gasteiger partial charge >= 0.3 is 0 Å². The number of morpholine rings is 1. The maximum Gasteiger partial charge on any atom is 0.227 e. The van der Waals surface area contributed by atoms with Crippen LogP contribution in [0.2, 0.25) is 0 Å². The fraction of sp³-hybridized carbons (Fsp3) is 0.706. The van der Waals surface area contributed by atoms with Gasteiger partial charge in [0.25, 0.3) is 0 Å². The first-order valence-corrected chi connectivity index (χ1v) is 9.38. The lowest BCUT2D eigenvalue weighted by Crippen LogP contribution is -2.49. The van der Waals surface area contributed by atoms with Crippen molar-refractivity contribution < 1.29 is 9.53 Å². The molecule has 0 radical (unpaired) electrons. The Balaban J connectivity index is 0.00000288. The molecular weight excluding hydrogens is 381 g/mol. The van der Waals surface area contributed by atoms with Crippen molar-refractivity contribution in [2.75, 3.05) is 39.4 Å². The van der Waals surface area contributed by atoms with Crippen molar-refractivity contribution in [3.05, 3.63) is 22.4 Å². The Hall–Kier alpha value is -0.370. The van der Waals surface area contributed by atoms with Crippen LogP contribution in [0, 0.1) is 5.41 Å². The largest absolute Gasteiger partial charge is 0.379 e. The lowest BCUT2D eigenvalue weighted by atomic mass is 9.81. The summed E-state index contributed by atoms with van der Waals surface area (Å²) in [4.78, 5) is 16.4. The molecule has 2 rings (SSSR count). The minimum absolute atomic E-state index is 0. The van der Waals surface area contributed by atoms with E-state index in [4.69, 9.17) is 10.5 Å². The Labute approximate surface area is 167 Å². The number of hydrogen-bond acceptors (Lipinski definition) is 5. The molecule has 0 saturated carbocycles. The molecule has 1 unspecified atom stereocenters. The Morgan fingerprint density at radius 1 is 1.36 bits per heavy atom. The number of carbonyl (C=O) groups is 1. The zero-order valence-electron chi connectivity index (χ0n) is 15.0. The van der Waals surface area contributed by atoms with Crippen LogP contribution in [-0.2, 0) is 9.53 Å². The molecule has 0 bridgehead atoms. The summed E-state index contributed by atoms with van der Waals surface area (Å²) >= 11 is 1.74. The van der Waals surface area contributed by atoms with Crippen LogP contribution < -0.4 is 11.1 Å². The second-order valence-corrected chi connectivity index (χ2v) is 7.06. The highest BCUT2D eigenvalue weighted by atomic mass is 35.5. The Bertz CT molecular complexity index is 470. The van der Waals surface area contributed by atoms with Crippen LogP contribution in [0.25, 0.3) is 0 Å². The predicted molar refractivity (Wildman–Crippen MR) is 109 cm³/mol. The van der Waals surface area contributed by atoms with Crippen molar-refractivity contribution in [3.8, 4) is 0 Å². The molecule has 25 heavy (non-hydrogen) atoms. The fourth-order valence-corrected chi connectivity index (χ4v) is 3.97. The van der Waals surface area contributed by atoms with Crippen molar-refractivity contribution in [3.63, 3.8) is 0 Å². The molecule has 0 aromatic carbocycles. The Morgan fingerprint density at radius 2 is 2.00 bits per heavy atom. The number of thiophene rings is 1. The summed E-state index contributed by atoms with van der Waals surface area (Å²) < 4.78 is 5.46. The topological polar surface area (TPSA) is 67.6 Å². The van der Waals surface area contributed by atoms with Crippen LogP contribution >= 0.6 is 36.2 Å². The molecule has 1 aromatic heterocycles. The van der Waals surface area contributed by atoms with Crippen LogP contribution in [0.3, 0.4) is 0 Å². The number of amides is 1. The summed E-state index contributed by atoms with van der Waals surface area (Å²) in [6.07, 6.45) is 1.54. The average molecular weight is 412 g/mol. The van der Waals surface area contributed by atoms with Crippen molar-refractivity contribution >= 4 is 42.1 Å². The first-order chi connectivity index (χ1) is 11.2. The van der Waals surface area contributed by atoms with E-state index in [0.29, 0.717) is 13.1 Å². The third kappa shape index (κ3) is 6.08. The molecular formula is C17H31Cl2N3O2S. The second-order valence-electron chi connectivity index (χ2n) is 6.08. The van der Waals surface area contributed by atoms with Crippen molar-refractivity contribution in [1.29, 1.82) is 0 Å². The van der Waals surface area contributed by atoms with Gasteiger partial charge in [0.15, 0.2) is 0 Å². The van der Waals surface area contributed by atoms with E-state index in [1.54, 1.807) is 11.3 Å². The van der Waals surface area contributed by atoms with Gasteiger partial charge in [-0.3, -0.25) is 9.69 Å². The number of rotatable bonds is 8. The molecule has 3 N–H and O–H groups in total. The highest BCUT2D eigenvalue weighted by Crippen LogP contribution is 2.28. The molecule has 146 valence electrons. The molecule has 2 heterocycles. The molecule has 1 aliphatic heterocycles. The van der Waals surface area contributed by atoms with Gasteiger partial charge in [-0.15, -0.1) is 36.2 Å². The first kappa shape index (κ1) is 24.6. The molecule has 0 aliphatic carbocycles. The second kappa shape index (κ2) is 12.1. The fourth-order valence-electron chi connectivity index (χ4n) is 3.11. The summed E-state index contributed by atoms with van der Waals surface area (Å²) in [6.45, 7) is 8.42. The zero-order chi connectivity index (χ0) is 16.7. The van der Waals surface area contributed by atoms with Crippen LogP contribution in [0.5, 0.6) is 0 Å². The highest BCUT2D eigenvalue weighted by molar-refractivity contribution is 7.10. The maximum absolute atomic E-state index is 12.7. The standard InChI is InChI=1S/C17H29N3O2S.2ClH/c1-3-17(4-2,13-18)16(21)19-12-14(15-6-5-11-23-15)20-7-9-22-10-8-20;;/h5-6,11,14H,3-4,7-10,12-13,18H2,1-2H3,(H,19,21);2*1H. The van der Waals surface area contributed by atoms with E-state index >= 15 is 0 Å².